The molecule has 2 rings (SSSR count). The molecule has 0 heterocycles. The molecule has 1 aliphatic carbocycles. The molecule has 1 aliphatic rings. The third-order valence-electron chi connectivity index (χ3n) is 2.82. The van der Waals surface area contributed by atoms with Gasteiger partial charge in [-0.2, -0.15) is 0 Å². The minimum absolute atomic E-state index is 0.334. The lowest BCUT2D eigenvalue weighted by molar-refractivity contribution is 0.0448. The molecule has 2 atom stereocenters. The highest BCUT2D eigenvalue weighted by atomic mass is 35.5. The number of rotatable bonds is 3. The van der Waals surface area contributed by atoms with Crippen molar-refractivity contribution < 1.29 is 4.74 Å². The summed E-state index contributed by atoms with van der Waals surface area (Å²) in [4.78, 5) is 0. The van der Waals surface area contributed by atoms with Crippen molar-refractivity contribution in [3.63, 3.8) is 0 Å². The van der Waals surface area contributed by atoms with Crippen molar-refractivity contribution in [2.45, 2.75) is 38.0 Å². The summed E-state index contributed by atoms with van der Waals surface area (Å²) in [5.41, 5.74) is 6.98. The van der Waals surface area contributed by atoms with Gasteiger partial charge >= 0.3 is 0 Å². The summed E-state index contributed by atoms with van der Waals surface area (Å²) in [7, 11) is 0. The molecule has 3 heteroatoms. The Hall–Kier alpha value is -0.570. The highest BCUT2D eigenvalue weighted by molar-refractivity contribution is 6.30. The van der Waals surface area contributed by atoms with E-state index in [2.05, 4.69) is 0 Å². The van der Waals surface area contributed by atoms with Crippen molar-refractivity contribution in [3.8, 4) is 0 Å². The predicted octanol–water partition coefficient (Wildman–Crippen LogP) is 2.74. The second-order valence-electron chi connectivity index (χ2n) is 4.13. The zero-order valence-corrected chi connectivity index (χ0v) is 9.41. The molecule has 0 radical (unpaired) electrons. The number of hydrogen-bond acceptors (Lipinski definition) is 2. The van der Waals surface area contributed by atoms with Gasteiger partial charge in [0.05, 0.1) is 12.7 Å². The number of halogens is 1. The van der Waals surface area contributed by atoms with E-state index in [1.54, 1.807) is 0 Å². The van der Waals surface area contributed by atoms with E-state index >= 15 is 0 Å². The molecule has 0 bridgehead atoms. The van der Waals surface area contributed by atoms with Gasteiger partial charge in [-0.1, -0.05) is 23.7 Å². The van der Waals surface area contributed by atoms with Crippen LogP contribution in [0.2, 0.25) is 5.02 Å². The molecule has 82 valence electrons. The van der Waals surface area contributed by atoms with Crippen LogP contribution in [0.15, 0.2) is 24.3 Å². The van der Waals surface area contributed by atoms with Crippen LogP contribution >= 0.6 is 11.6 Å². The summed E-state index contributed by atoms with van der Waals surface area (Å²) in [5, 5.41) is 0.765. The molecule has 0 aliphatic heterocycles. The first-order chi connectivity index (χ1) is 7.24. The Bertz CT molecular complexity index is 312. The van der Waals surface area contributed by atoms with Crippen molar-refractivity contribution in [1.29, 1.82) is 0 Å². The van der Waals surface area contributed by atoms with Crippen molar-refractivity contribution in [3.05, 3.63) is 34.9 Å². The van der Waals surface area contributed by atoms with E-state index in [1.807, 2.05) is 24.3 Å². The quantitative estimate of drug-likeness (QED) is 0.859. The maximum absolute atomic E-state index is 5.82. The molecule has 1 aromatic carbocycles. The highest BCUT2D eigenvalue weighted by Crippen LogP contribution is 2.21. The standard InChI is InChI=1S/C12H16ClNO/c13-10-3-1-9(2-4-10)8-15-12-6-5-11(14)7-12/h1-4,11-12H,5-8,14H2. The van der Waals surface area contributed by atoms with Gasteiger partial charge in [-0.05, 0) is 37.0 Å². The van der Waals surface area contributed by atoms with Crippen molar-refractivity contribution >= 4 is 11.6 Å². The second-order valence-corrected chi connectivity index (χ2v) is 4.57. The van der Waals surface area contributed by atoms with E-state index in [0.717, 1.165) is 24.3 Å². The molecule has 1 saturated carbocycles. The molecule has 1 aromatic rings. The molecule has 0 saturated heterocycles. The maximum Gasteiger partial charge on any atom is 0.0720 e. The summed E-state index contributed by atoms with van der Waals surface area (Å²) in [6, 6.07) is 8.11. The van der Waals surface area contributed by atoms with Crippen LogP contribution in [-0.2, 0) is 11.3 Å². The summed E-state index contributed by atoms with van der Waals surface area (Å²) in [6.45, 7) is 0.661. The van der Waals surface area contributed by atoms with Crippen LogP contribution in [0.4, 0.5) is 0 Å². The largest absolute Gasteiger partial charge is 0.373 e. The number of benzene rings is 1. The van der Waals surface area contributed by atoms with E-state index in [4.69, 9.17) is 22.1 Å². The van der Waals surface area contributed by atoms with Crippen LogP contribution in [0.3, 0.4) is 0 Å². The first kappa shape index (κ1) is 10.9. The van der Waals surface area contributed by atoms with E-state index in [0.29, 0.717) is 18.8 Å². The Morgan fingerprint density at radius 2 is 2.00 bits per heavy atom. The van der Waals surface area contributed by atoms with Gasteiger partial charge in [0.1, 0.15) is 0 Å². The fourth-order valence-electron chi connectivity index (χ4n) is 1.92. The lowest BCUT2D eigenvalue weighted by atomic mass is 10.2. The number of nitrogens with two attached hydrogens (primary N) is 1. The van der Waals surface area contributed by atoms with E-state index in [9.17, 15) is 0 Å². The SMILES string of the molecule is NC1CCC(OCc2ccc(Cl)cc2)C1. The molecule has 2 unspecified atom stereocenters. The monoisotopic (exact) mass is 225 g/mol. The molecule has 0 spiro atoms. The molecule has 0 amide bonds. The minimum Gasteiger partial charge on any atom is -0.373 e. The van der Waals surface area contributed by atoms with Gasteiger partial charge in [0.25, 0.3) is 0 Å². The van der Waals surface area contributed by atoms with Gasteiger partial charge in [0, 0.05) is 11.1 Å². The Labute approximate surface area is 95.4 Å². The lowest BCUT2D eigenvalue weighted by Crippen LogP contribution is -2.17. The Morgan fingerprint density at radius 3 is 2.60 bits per heavy atom. The Morgan fingerprint density at radius 1 is 1.27 bits per heavy atom. The van der Waals surface area contributed by atoms with E-state index in [-0.39, 0.29) is 0 Å². The van der Waals surface area contributed by atoms with Crippen LogP contribution < -0.4 is 5.73 Å². The van der Waals surface area contributed by atoms with Gasteiger partial charge in [0.2, 0.25) is 0 Å². The average molecular weight is 226 g/mol. The Kier molecular flexibility index (Phi) is 3.62. The van der Waals surface area contributed by atoms with E-state index < -0.39 is 0 Å². The topological polar surface area (TPSA) is 35.2 Å². The molecular weight excluding hydrogens is 210 g/mol. The maximum atomic E-state index is 5.82. The van der Waals surface area contributed by atoms with Gasteiger partial charge in [-0.3, -0.25) is 0 Å². The molecule has 15 heavy (non-hydrogen) atoms. The van der Waals surface area contributed by atoms with Crippen molar-refractivity contribution in [2.24, 2.45) is 5.73 Å². The van der Waals surface area contributed by atoms with Crippen LogP contribution in [-0.4, -0.2) is 12.1 Å². The van der Waals surface area contributed by atoms with Gasteiger partial charge in [-0.15, -0.1) is 0 Å². The summed E-state index contributed by atoms with van der Waals surface area (Å²) in [6.07, 6.45) is 3.52. The van der Waals surface area contributed by atoms with E-state index in [1.165, 1.54) is 5.56 Å². The Balaban J connectivity index is 1.80. The number of hydrogen-bond donors (Lipinski definition) is 1. The smallest absolute Gasteiger partial charge is 0.0720 e. The molecule has 0 aromatic heterocycles. The normalized spacial score (nSPS) is 25.7. The van der Waals surface area contributed by atoms with Crippen LogP contribution in [0.5, 0.6) is 0 Å². The third kappa shape index (κ3) is 3.20. The second kappa shape index (κ2) is 4.97. The van der Waals surface area contributed by atoms with Crippen LogP contribution in [0, 0.1) is 0 Å². The molecule has 1 fully saturated rings. The molecule has 2 nitrogen and oxygen atoms in total. The lowest BCUT2D eigenvalue weighted by Gasteiger charge is -2.11. The zero-order valence-electron chi connectivity index (χ0n) is 8.66. The fourth-order valence-corrected chi connectivity index (χ4v) is 2.05. The first-order valence-corrected chi connectivity index (χ1v) is 5.73. The van der Waals surface area contributed by atoms with Gasteiger partial charge < -0.3 is 10.5 Å². The summed E-state index contributed by atoms with van der Waals surface area (Å²) < 4.78 is 5.78. The summed E-state index contributed by atoms with van der Waals surface area (Å²) in [5.74, 6) is 0. The van der Waals surface area contributed by atoms with Crippen molar-refractivity contribution in [2.75, 3.05) is 0 Å². The fraction of sp³-hybridized carbons (Fsp3) is 0.500. The molecular formula is C12H16ClNO. The van der Waals surface area contributed by atoms with Crippen molar-refractivity contribution in [1.82, 2.24) is 0 Å². The zero-order chi connectivity index (χ0) is 10.7. The summed E-state index contributed by atoms with van der Waals surface area (Å²) >= 11 is 5.80. The van der Waals surface area contributed by atoms with Gasteiger partial charge in [0.15, 0.2) is 0 Å². The predicted molar refractivity (Wildman–Crippen MR) is 61.9 cm³/mol. The average Bonchev–Trinajstić information content (AvgIpc) is 2.64. The van der Waals surface area contributed by atoms with Crippen LogP contribution in [0.1, 0.15) is 24.8 Å². The highest BCUT2D eigenvalue weighted by Gasteiger charge is 2.21. The third-order valence-corrected chi connectivity index (χ3v) is 3.08. The van der Waals surface area contributed by atoms with Gasteiger partial charge in [-0.25, -0.2) is 0 Å². The van der Waals surface area contributed by atoms with Crippen LogP contribution in [0.25, 0.3) is 0 Å². The first-order valence-electron chi connectivity index (χ1n) is 5.35. The number of ether oxygens (including phenoxy) is 1. The molecule has 2 N–H and O–H groups in total. The minimum atomic E-state index is 0.334.